The molecule has 0 fully saturated rings. The third-order valence-corrected chi connectivity index (χ3v) is 3.73. The quantitative estimate of drug-likeness (QED) is 0.565. The standard InChI is InChI=1S/C21H24N2O3/c1-16-4-6-17(7-5-16)8-13-20(24)23-19-11-9-18(10-12-19)21(25)22-14-3-15-26-2/h4-13H,3,14-15H2,1-2H3,(H,22,25)(H,23,24)/b13-8+. The van der Waals surface area contributed by atoms with Gasteiger partial charge in [0, 0.05) is 37.6 Å². The zero-order valence-electron chi connectivity index (χ0n) is 15.1. The van der Waals surface area contributed by atoms with Crippen LogP contribution < -0.4 is 10.6 Å². The first-order valence-electron chi connectivity index (χ1n) is 8.51. The fourth-order valence-corrected chi connectivity index (χ4v) is 2.26. The maximum Gasteiger partial charge on any atom is 0.251 e. The Hall–Kier alpha value is -2.92. The Labute approximate surface area is 154 Å². The number of aryl methyl sites for hydroxylation is 1. The molecule has 0 bridgehead atoms. The molecule has 2 rings (SSSR count). The lowest BCUT2D eigenvalue weighted by Crippen LogP contribution is -2.25. The first-order chi connectivity index (χ1) is 12.6. The number of nitrogens with one attached hydrogen (secondary N) is 2. The second-order valence-corrected chi connectivity index (χ2v) is 5.91. The summed E-state index contributed by atoms with van der Waals surface area (Å²) in [5, 5.41) is 5.59. The second-order valence-electron chi connectivity index (χ2n) is 5.91. The Bertz CT molecular complexity index is 750. The number of hydrogen-bond acceptors (Lipinski definition) is 3. The normalized spacial score (nSPS) is 10.7. The predicted octanol–water partition coefficient (Wildman–Crippen LogP) is 3.41. The summed E-state index contributed by atoms with van der Waals surface area (Å²) >= 11 is 0. The van der Waals surface area contributed by atoms with Crippen LogP contribution in [0, 0.1) is 6.92 Å². The molecule has 136 valence electrons. The Kier molecular flexibility index (Phi) is 7.58. The SMILES string of the molecule is COCCCNC(=O)c1ccc(NC(=O)/C=C/c2ccc(C)cc2)cc1. The van der Waals surface area contributed by atoms with Crippen molar-refractivity contribution >= 4 is 23.6 Å². The van der Waals surface area contributed by atoms with Crippen molar-refractivity contribution in [2.45, 2.75) is 13.3 Å². The lowest BCUT2D eigenvalue weighted by molar-refractivity contribution is -0.111. The second kappa shape index (κ2) is 10.2. The minimum absolute atomic E-state index is 0.141. The molecule has 26 heavy (non-hydrogen) atoms. The van der Waals surface area contributed by atoms with Crippen LogP contribution in [0.3, 0.4) is 0 Å². The minimum Gasteiger partial charge on any atom is -0.385 e. The number of methoxy groups -OCH3 is 1. The van der Waals surface area contributed by atoms with Crippen molar-refractivity contribution in [3.05, 3.63) is 71.3 Å². The van der Waals surface area contributed by atoms with Gasteiger partial charge in [0.15, 0.2) is 0 Å². The van der Waals surface area contributed by atoms with Crippen LogP contribution in [-0.2, 0) is 9.53 Å². The van der Waals surface area contributed by atoms with Crippen molar-refractivity contribution in [1.29, 1.82) is 0 Å². The van der Waals surface area contributed by atoms with Crippen LogP contribution in [0.15, 0.2) is 54.6 Å². The third-order valence-electron chi connectivity index (χ3n) is 3.73. The van der Waals surface area contributed by atoms with Gasteiger partial charge >= 0.3 is 0 Å². The highest BCUT2D eigenvalue weighted by Gasteiger charge is 2.05. The van der Waals surface area contributed by atoms with Crippen LogP contribution in [0.4, 0.5) is 5.69 Å². The number of carbonyl (C=O) groups excluding carboxylic acids is 2. The van der Waals surface area contributed by atoms with Crippen molar-refractivity contribution < 1.29 is 14.3 Å². The van der Waals surface area contributed by atoms with Crippen molar-refractivity contribution in [3.63, 3.8) is 0 Å². The molecule has 2 aromatic rings. The largest absolute Gasteiger partial charge is 0.385 e. The molecule has 0 aliphatic heterocycles. The third kappa shape index (κ3) is 6.53. The molecule has 2 aromatic carbocycles. The van der Waals surface area contributed by atoms with Gasteiger partial charge < -0.3 is 15.4 Å². The summed E-state index contributed by atoms with van der Waals surface area (Å²) in [5.74, 6) is -0.361. The van der Waals surface area contributed by atoms with Gasteiger partial charge in [0.05, 0.1) is 0 Å². The van der Waals surface area contributed by atoms with Gasteiger partial charge in [-0.05, 0) is 49.2 Å². The maximum atomic E-state index is 12.0. The number of benzene rings is 2. The van der Waals surface area contributed by atoms with E-state index in [1.807, 2.05) is 31.2 Å². The highest BCUT2D eigenvalue weighted by atomic mass is 16.5. The summed E-state index contributed by atoms with van der Waals surface area (Å²) in [6.45, 7) is 3.19. The number of amides is 2. The molecule has 0 aliphatic rings. The summed E-state index contributed by atoms with van der Waals surface area (Å²) in [4.78, 5) is 24.0. The number of anilines is 1. The Morgan fingerprint density at radius 3 is 2.38 bits per heavy atom. The molecular weight excluding hydrogens is 328 g/mol. The molecule has 0 spiro atoms. The average Bonchev–Trinajstić information content (AvgIpc) is 2.65. The summed E-state index contributed by atoms with van der Waals surface area (Å²) in [5.41, 5.74) is 3.33. The van der Waals surface area contributed by atoms with Crippen molar-refractivity contribution in [3.8, 4) is 0 Å². The molecule has 2 N–H and O–H groups in total. The molecule has 0 unspecified atom stereocenters. The summed E-state index contributed by atoms with van der Waals surface area (Å²) in [7, 11) is 1.63. The van der Waals surface area contributed by atoms with Crippen LogP contribution >= 0.6 is 0 Å². The minimum atomic E-state index is -0.220. The van der Waals surface area contributed by atoms with Crippen molar-refractivity contribution in [1.82, 2.24) is 5.32 Å². The molecule has 0 aromatic heterocycles. The maximum absolute atomic E-state index is 12.0. The number of hydrogen-bond donors (Lipinski definition) is 2. The lowest BCUT2D eigenvalue weighted by Gasteiger charge is -2.06. The molecule has 0 saturated carbocycles. The number of ether oxygens (including phenoxy) is 1. The van der Waals surface area contributed by atoms with Gasteiger partial charge in [0.25, 0.3) is 5.91 Å². The van der Waals surface area contributed by atoms with Crippen LogP contribution in [0.2, 0.25) is 0 Å². The van der Waals surface area contributed by atoms with E-state index in [1.54, 1.807) is 37.5 Å². The van der Waals surface area contributed by atoms with Gasteiger partial charge in [-0.15, -0.1) is 0 Å². The zero-order chi connectivity index (χ0) is 18.8. The van der Waals surface area contributed by atoms with E-state index in [1.165, 1.54) is 11.6 Å². The van der Waals surface area contributed by atoms with Crippen molar-refractivity contribution in [2.24, 2.45) is 0 Å². The summed E-state index contributed by atoms with van der Waals surface area (Å²) in [6, 6.07) is 14.7. The van der Waals surface area contributed by atoms with Gasteiger partial charge in [-0.2, -0.15) is 0 Å². The molecule has 2 amide bonds. The molecule has 0 radical (unpaired) electrons. The van der Waals surface area contributed by atoms with Crippen LogP contribution in [0.1, 0.15) is 27.9 Å². The van der Waals surface area contributed by atoms with E-state index in [-0.39, 0.29) is 11.8 Å². The van der Waals surface area contributed by atoms with Crippen molar-refractivity contribution in [2.75, 3.05) is 25.6 Å². The molecule has 5 nitrogen and oxygen atoms in total. The monoisotopic (exact) mass is 352 g/mol. The molecular formula is C21H24N2O3. The van der Waals surface area contributed by atoms with Crippen LogP contribution in [0.5, 0.6) is 0 Å². The van der Waals surface area contributed by atoms with E-state index in [9.17, 15) is 9.59 Å². The Morgan fingerprint density at radius 2 is 1.73 bits per heavy atom. The fourth-order valence-electron chi connectivity index (χ4n) is 2.26. The first kappa shape index (κ1) is 19.4. The summed E-state index contributed by atoms with van der Waals surface area (Å²) < 4.78 is 4.94. The smallest absolute Gasteiger partial charge is 0.251 e. The number of rotatable bonds is 8. The molecule has 0 aliphatic carbocycles. The van der Waals surface area contributed by atoms with E-state index in [4.69, 9.17) is 4.74 Å². The molecule has 0 atom stereocenters. The zero-order valence-corrected chi connectivity index (χ0v) is 15.1. The predicted molar refractivity (Wildman–Crippen MR) is 104 cm³/mol. The van der Waals surface area contributed by atoms with Crippen LogP contribution in [-0.4, -0.2) is 32.1 Å². The van der Waals surface area contributed by atoms with E-state index < -0.39 is 0 Å². The Morgan fingerprint density at radius 1 is 1.04 bits per heavy atom. The highest BCUT2D eigenvalue weighted by Crippen LogP contribution is 2.10. The van der Waals surface area contributed by atoms with Crippen LogP contribution in [0.25, 0.3) is 6.08 Å². The van der Waals surface area contributed by atoms with Gasteiger partial charge in [0.1, 0.15) is 0 Å². The van der Waals surface area contributed by atoms with Gasteiger partial charge in [-0.25, -0.2) is 0 Å². The summed E-state index contributed by atoms with van der Waals surface area (Å²) in [6.07, 6.45) is 4.02. The van der Waals surface area contributed by atoms with E-state index >= 15 is 0 Å². The number of carbonyl (C=O) groups is 2. The van der Waals surface area contributed by atoms with Gasteiger partial charge in [-0.1, -0.05) is 29.8 Å². The van der Waals surface area contributed by atoms with E-state index in [0.717, 1.165) is 12.0 Å². The van der Waals surface area contributed by atoms with Gasteiger partial charge in [-0.3, -0.25) is 9.59 Å². The van der Waals surface area contributed by atoms with E-state index in [0.29, 0.717) is 24.4 Å². The molecule has 0 heterocycles. The first-order valence-corrected chi connectivity index (χ1v) is 8.51. The van der Waals surface area contributed by atoms with E-state index in [2.05, 4.69) is 10.6 Å². The average molecular weight is 352 g/mol. The fraction of sp³-hybridized carbons (Fsp3) is 0.238. The Balaban J connectivity index is 1.85. The molecule has 5 heteroatoms. The molecule has 0 saturated heterocycles. The van der Waals surface area contributed by atoms with Gasteiger partial charge in [0.2, 0.25) is 5.91 Å². The highest BCUT2D eigenvalue weighted by molar-refractivity contribution is 6.02. The topological polar surface area (TPSA) is 67.4 Å². The lowest BCUT2D eigenvalue weighted by atomic mass is 10.1.